The quantitative estimate of drug-likeness (QED) is 0.728. The van der Waals surface area contributed by atoms with Crippen LogP contribution in [0.5, 0.6) is 0 Å². The Hall–Kier alpha value is -1.92. The minimum absolute atomic E-state index is 0.0462. The largest absolute Gasteiger partial charge is 0.378 e. The Labute approximate surface area is 124 Å². The van der Waals surface area contributed by atoms with Crippen LogP contribution in [0.4, 0.5) is 5.69 Å². The zero-order valence-corrected chi connectivity index (χ0v) is 12.1. The second-order valence-electron chi connectivity index (χ2n) is 4.99. The number of likely N-dealkylation sites (N-methyl/N-ethyl adjacent to an activating group) is 1. The molecule has 0 radical (unpaired) electrons. The number of nitrogens with one attached hydrogen (secondary N) is 3. The maximum absolute atomic E-state index is 12.1. The van der Waals surface area contributed by atoms with Crippen LogP contribution in [0.2, 0.25) is 0 Å². The second kappa shape index (κ2) is 7.75. The molecule has 1 aliphatic heterocycles. The molecule has 1 fully saturated rings. The lowest BCUT2D eigenvalue weighted by atomic mass is 10.1. The number of rotatable bonds is 5. The van der Waals surface area contributed by atoms with Crippen molar-refractivity contribution in [2.75, 3.05) is 32.1 Å². The molecule has 0 aromatic heterocycles. The number of carbonyl (C=O) groups is 2. The van der Waals surface area contributed by atoms with E-state index in [4.69, 9.17) is 4.74 Å². The van der Waals surface area contributed by atoms with Crippen molar-refractivity contribution in [2.24, 2.45) is 0 Å². The second-order valence-corrected chi connectivity index (χ2v) is 4.99. The van der Waals surface area contributed by atoms with Gasteiger partial charge in [0.05, 0.1) is 19.6 Å². The van der Waals surface area contributed by atoms with Gasteiger partial charge in [0, 0.05) is 31.7 Å². The smallest absolute Gasteiger partial charge is 0.226 e. The highest BCUT2D eigenvalue weighted by Gasteiger charge is 2.17. The van der Waals surface area contributed by atoms with E-state index < -0.39 is 0 Å². The molecule has 0 bridgehead atoms. The van der Waals surface area contributed by atoms with Gasteiger partial charge in [-0.2, -0.15) is 0 Å². The standard InChI is InChI=1S/C15H21N3O3/c1-16-14(19)8-11-4-2-3-5-13(11)18-15(20)9-12-10-21-7-6-17-12/h2-5,12,17H,6-10H2,1H3,(H,16,19)(H,18,20). The molecule has 0 saturated carbocycles. The van der Waals surface area contributed by atoms with Gasteiger partial charge in [0.1, 0.15) is 0 Å². The average Bonchev–Trinajstić information content (AvgIpc) is 2.50. The maximum atomic E-state index is 12.1. The first-order valence-corrected chi connectivity index (χ1v) is 7.08. The number of carbonyl (C=O) groups excluding carboxylic acids is 2. The van der Waals surface area contributed by atoms with Gasteiger partial charge < -0.3 is 20.7 Å². The Morgan fingerprint density at radius 1 is 1.33 bits per heavy atom. The van der Waals surface area contributed by atoms with Crippen LogP contribution in [-0.4, -0.2) is 44.7 Å². The van der Waals surface area contributed by atoms with Crippen molar-refractivity contribution in [1.82, 2.24) is 10.6 Å². The average molecular weight is 291 g/mol. The number of morpholine rings is 1. The van der Waals surface area contributed by atoms with Gasteiger partial charge in [-0.15, -0.1) is 0 Å². The molecule has 1 atom stereocenters. The fraction of sp³-hybridized carbons (Fsp3) is 0.467. The van der Waals surface area contributed by atoms with Gasteiger partial charge in [-0.3, -0.25) is 9.59 Å². The summed E-state index contributed by atoms with van der Waals surface area (Å²) in [5.41, 5.74) is 1.49. The van der Waals surface area contributed by atoms with Gasteiger partial charge in [0.15, 0.2) is 0 Å². The van der Waals surface area contributed by atoms with Crippen molar-refractivity contribution in [3.63, 3.8) is 0 Å². The molecule has 1 aromatic rings. The Morgan fingerprint density at radius 3 is 2.86 bits per heavy atom. The van der Waals surface area contributed by atoms with E-state index in [1.807, 2.05) is 18.2 Å². The zero-order valence-electron chi connectivity index (χ0n) is 12.1. The summed E-state index contributed by atoms with van der Waals surface area (Å²) >= 11 is 0. The van der Waals surface area contributed by atoms with Gasteiger partial charge in [0.2, 0.25) is 11.8 Å². The first kappa shape index (κ1) is 15.5. The van der Waals surface area contributed by atoms with E-state index in [1.54, 1.807) is 13.1 Å². The van der Waals surface area contributed by atoms with Crippen molar-refractivity contribution >= 4 is 17.5 Å². The van der Waals surface area contributed by atoms with Crippen molar-refractivity contribution in [3.8, 4) is 0 Å². The summed E-state index contributed by atoms with van der Waals surface area (Å²) in [7, 11) is 1.60. The highest BCUT2D eigenvalue weighted by atomic mass is 16.5. The summed E-state index contributed by atoms with van der Waals surface area (Å²) in [6.45, 7) is 2.01. The van der Waals surface area contributed by atoms with Gasteiger partial charge in [-0.25, -0.2) is 0 Å². The van der Waals surface area contributed by atoms with Crippen LogP contribution in [0.3, 0.4) is 0 Å². The highest BCUT2D eigenvalue weighted by Crippen LogP contribution is 2.16. The molecule has 2 rings (SSSR count). The fourth-order valence-corrected chi connectivity index (χ4v) is 2.23. The number of anilines is 1. The topological polar surface area (TPSA) is 79.5 Å². The Kier molecular flexibility index (Phi) is 5.71. The molecular formula is C15H21N3O3. The number of hydrogen-bond acceptors (Lipinski definition) is 4. The van der Waals surface area contributed by atoms with Crippen LogP contribution in [0.15, 0.2) is 24.3 Å². The number of benzene rings is 1. The molecule has 114 valence electrons. The normalized spacial score (nSPS) is 18.0. The number of para-hydroxylation sites is 1. The third kappa shape index (κ3) is 4.84. The van der Waals surface area contributed by atoms with Crippen LogP contribution in [0.1, 0.15) is 12.0 Å². The Balaban J connectivity index is 1.94. The summed E-state index contributed by atoms with van der Waals surface area (Å²) in [6, 6.07) is 7.38. The predicted molar refractivity (Wildman–Crippen MR) is 80.1 cm³/mol. The van der Waals surface area contributed by atoms with E-state index >= 15 is 0 Å². The minimum Gasteiger partial charge on any atom is -0.378 e. The predicted octanol–water partition coefficient (Wildman–Crippen LogP) is 0.292. The lowest BCUT2D eigenvalue weighted by molar-refractivity contribution is -0.120. The summed E-state index contributed by atoms with van der Waals surface area (Å²) in [5, 5.41) is 8.70. The molecule has 2 amide bonds. The van der Waals surface area contributed by atoms with E-state index in [9.17, 15) is 9.59 Å². The SMILES string of the molecule is CNC(=O)Cc1ccccc1NC(=O)CC1COCCN1. The molecule has 0 spiro atoms. The third-order valence-electron chi connectivity index (χ3n) is 3.35. The Bertz CT molecular complexity index is 499. The minimum atomic E-state index is -0.0842. The number of hydrogen-bond donors (Lipinski definition) is 3. The van der Waals surface area contributed by atoms with Crippen LogP contribution < -0.4 is 16.0 Å². The van der Waals surface area contributed by atoms with Crippen LogP contribution in [-0.2, 0) is 20.7 Å². The number of amides is 2. The van der Waals surface area contributed by atoms with E-state index in [0.717, 1.165) is 12.1 Å². The molecule has 1 aromatic carbocycles. The Morgan fingerprint density at radius 2 is 2.14 bits per heavy atom. The lowest BCUT2D eigenvalue weighted by Crippen LogP contribution is -2.43. The van der Waals surface area contributed by atoms with Crippen LogP contribution in [0, 0.1) is 0 Å². The molecular weight excluding hydrogens is 270 g/mol. The van der Waals surface area contributed by atoms with E-state index in [2.05, 4.69) is 16.0 Å². The first-order valence-electron chi connectivity index (χ1n) is 7.08. The summed E-state index contributed by atoms with van der Waals surface area (Å²) in [4.78, 5) is 23.6. The molecule has 3 N–H and O–H groups in total. The summed E-state index contributed by atoms with van der Waals surface area (Å²) in [6.07, 6.45) is 0.603. The fourth-order valence-electron chi connectivity index (χ4n) is 2.23. The zero-order chi connectivity index (χ0) is 15.1. The highest BCUT2D eigenvalue weighted by molar-refractivity contribution is 5.93. The third-order valence-corrected chi connectivity index (χ3v) is 3.35. The monoisotopic (exact) mass is 291 g/mol. The molecule has 1 aliphatic rings. The van der Waals surface area contributed by atoms with Crippen molar-refractivity contribution in [2.45, 2.75) is 18.9 Å². The van der Waals surface area contributed by atoms with E-state index in [0.29, 0.717) is 25.3 Å². The van der Waals surface area contributed by atoms with Crippen molar-refractivity contribution in [3.05, 3.63) is 29.8 Å². The molecule has 1 unspecified atom stereocenters. The molecule has 1 saturated heterocycles. The van der Waals surface area contributed by atoms with Gasteiger partial charge in [-0.1, -0.05) is 18.2 Å². The van der Waals surface area contributed by atoms with E-state index in [1.165, 1.54) is 0 Å². The van der Waals surface area contributed by atoms with Crippen LogP contribution >= 0.6 is 0 Å². The molecule has 1 heterocycles. The van der Waals surface area contributed by atoms with Crippen LogP contribution in [0.25, 0.3) is 0 Å². The number of ether oxygens (including phenoxy) is 1. The van der Waals surface area contributed by atoms with Gasteiger partial charge >= 0.3 is 0 Å². The molecule has 21 heavy (non-hydrogen) atoms. The molecule has 0 aliphatic carbocycles. The summed E-state index contributed by atoms with van der Waals surface area (Å²) < 4.78 is 5.33. The first-order chi connectivity index (χ1) is 10.2. The van der Waals surface area contributed by atoms with E-state index in [-0.39, 0.29) is 24.3 Å². The van der Waals surface area contributed by atoms with Gasteiger partial charge in [-0.05, 0) is 11.6 Å². The van der Waals surface area contributed by atoms with Crippen molar-refractivity contribution in [1.29, 1.82) is 0 Å². The van der Waals surface area contributed by atoms with Gasteiger partial charge in [0.25, 0.3) is 0 Å². The maximum Gasteiger partial charge on any atom is 0.226 e. The molecule has 6 heteroatoms. The lowest BCUT2D eigenvalue weighted by Gasteiger charge is -2.23. The summed E-state index contributed by atoms with van der Waals surface area (Å²) in [5.74, 6) is -0.165. The molecule has 6 nitrogen and oxygen atoms in total. The van der Waals surface area contributed by atoms with Crippen molar-refractivity contribution < 1.29 is 14.3 Å².